The zero-order valence-corrected chi connectivity index (χ0v) is 21.5. The molecule has 0 aliphatic heterocycles. The summed E-state index contributed by atoms with van der Waals surface area (Å²) in [5.41, 5.74) is 3.13. The second kappa shape index (κ2) is 17.7. The van der Waals surface area contributed by atoms with Crippen LogP contribution in [0.15, 0.2) is 42.5 Å². The van der Waals surface area contributed by atoms with Crippen molar-refractivity contribution in [2.45, 2.75) is 64.6 Å². The molecule has 8 nitrogen and oxygen atoms in total. The number of ether oxygens (including phenoxy) is 1. The van der Waals surface area contributed by atoms with Crippen LogP contribution in [0.4, 0.5) is 10.5 Å². The van der Waals surface area contributed by atoms with Gasteiger partial charge in [0.2, 0.25) is 0 Å². The lowest BCUT2D eigenvalue weighted by molar-refractivity contribution is 0.126. The molecule has 0 aliphatic carbocycles. The number of hydrogen-bond acceptors (Lipinski definition) is 6. The predicted molar refractivity (Wildman–Crippen MR) is 143 cm³/mol. The van der Waals surface area contributed by atoms with Crippen molar-refractivity contribution in [2.75, 3.05) is 38.2 Å². The molecule has 2 amide bonds. The summed E-state index contributed by atoms with van der Waals surface area (Å²) in [4.78, 5) is 11.6. The summed E-state index contributed by atoms with van der Waals surface area (Å²) < 4.78 is 5.76. The lowest BCUT2D eigenvalue weighted by atomic mass is 10.1. The van der Waals surface area contributed by atoms with Crippen LogP contribution in [0.5, 0.6) is 5.75 Å². The number of phenols is 1. The number of nitrogens with one attached hydrogen (secondary N) is 3. The van der Waals surface area contributed by atoms with Crippen molar-refractivity contribution in [3.8, 4) is 5.75 Å². The van der Waals surface area contributed by atoms with E-state index >= 15 is 0 Å². The fraction of sp³-hybridized carbons (Fsp3) is 0.536. The molecule has 6 N–H and O–H groups in total. The molecule has 2 rings (SSSR count). The topological polar surface area (TPSA) is 123 Å². The SMILES string of the molecule is CCNC(=O)Nc1cccc(CCCCOCCCCCCNC[C@H](O)c2ccc(O)c(CO)c2)c1. The Morgan fingerprint density at radius 1 is 1.00 bits per heavy atom. The predicted octanol–water partition coefficient (Wildman–Crippen LogP) is 4.25. The number of aromatic hydroxyl groups is 1. The molecule has 0 bridgehead atoms. The van der Waals surface area contributed by atoms with Crippen molar-refractivity contribution < 1.29 is 24.9 Å². The number of anilines is 1. The van der Waals surface area contributed by atoms with E-state index in [9.17, 15) is 20.1 Å². The van der Waals surface area contributed by atoms with Gasteiger partial charge in [0.1, 0.15) is 5.75 Å². The fourth-order valence-electron chi connectivity index (χ4n) is 3.88. The molecule has 0 unspecified atom stereocenters. The number of benzene rings is 2. The number of carbonyl (C=O) groups is 1. The van der Waals surface area contributed by atoms with Gasteiger partial charge >= 0.3 is 6.03 Å². The molecule has 8 heteroatoms. The van der Waals surface area contributed by atoms with Gasteiger partial charge in [0.05, 0.1) is 12.7 Å². The Morgan fingerprint density at radius 2 is 1.78 bits per heavy atom. The summed E-state index contributed by atoms with van der Waals surface area (Å²) in [5, 5.41) is 37.9. The van der Waals surface area contributed by atoms with Gasteiger partial charge in [-0.15, -0.1) is 0 Å². The highest BCUT2D eigenvalue weighted by atomic mass is 16.5. The minimum Gasteiger partial charge on any atom is -0.508 e. The van der Waals surface area contributed by atoms with Gasteiger partial charge < -0.3 is 36.0 Å². The van der Waals surface area contributed by atoms with Crippen LogP contribution in [0.25, 0.3) is 0 Å². The molecule has 0 radical (unpaired) electrons. The standard InChI is InChI=1S/C28H43N3O5/c1-2-30-28(35)31-25-12-9-11-22(18-25)10-5-8-17-36-16-7-4-3-6-15-29-20-27(34)23-13-14-26(33)24(19-23)21-32/h9,11-14,18-19,27,29,32-34H,2-8,10,15-17,20-21H2,1H3,(H2,30,31,35)/t27-/m0/s1. The Hall–Kier alpha value is -2.65. The van der Waals surface area contributed by atoms with Gasteiger partial charge in [-0.1, -0.05) is 31.0 Å². The molecule has 0 saturated heterocycles. The van der Waals surface area contributed by atoms with Crippen molar-refractivity contribution in [2.24, 2.45) is 0 Å². The highest BCUT2D eigenvalue weighted by Gasteiger charge is 2.10. The molecular formula is C28H43N3O5. The third-order valence-electron chi connectivity index (χ3n) is 5.91. The van der Waals surface area contributed by atoms with E-state index in [1.54, 1.807) is 12.1 Å². The first-order chi connectivity index (χ1) is 17.5. The molecule has 0 spiro atoms. The number of rotatable bonds is 18. The van der Waals surface area contributed by atoms with E-state index in [1.165, 1.54) is 11.6 Å². The zero-order valence-electron chi connectivity index (χ0n) is 21.5. The van der Waals surface area contributed by atoms with Gasteiger partial charge in [-0.05, 0) is 81.0 Å². The maximum Gasteiger partial charge on any atom is 0.319 e. The van der Waals surface area contributed by atoms with Gasteiger partial charge in [-0.3, -0.25) is 0 Å². The average Bonchev–Trinajstić information content (AvgIpc) is 2.87. The van der Waals surface area contributed by atoms with Crippen molar-refractivity contribution in [3.63, 3.8) is 0 Å². The Bertz CT molecular complexity index is 893. The monoisotopic (exact) mass is 501 g/mol. The first-order valence-electron chi connectivity index (χ1n) is 13.1. The molecule has 2 aromatic carbocycles. The smallest absolute Gasteiger partial charge is 0.319 e. The first-order valence-corrected chi connectivity index (χ1v) is 13.1. The van der Waals surface area contributed by atoms with E-state index in [0.29, 0.717) is 24.2 Å². The first kappa shape index (κ1) is 29.6. The molecule has 1 atom stereocenters. The van der Waals surface area contributed by atoms with Crippen LogP contribution in [0, 0.1) is 0 Å². The summed E-state index contributed by atoms with van der Waals surface area (Å²) in [6.45, 7) is 5.07. The minimum atomic E-state index is -0.669. The van der Waals surface area contributed by atoms with Crippen LogP contribution >= 0.6 is 0 Å². The molecule has 0 fully saturated rings. The highest BCUT2D eigenvalue weighted by molar-refractivity contribution is 5.89. The van der Waals surface area contributed by atoms with Gasteiger partial charge in [0.15, 0.2) is 0 Å². The summed E-state index contributed by atoms with van der Waals surface area (Å²) in [5.74, 6) is 0.0414. The zero-order chi connectivity index (χ0) is 26.0. The molecule has 0 aliphatic rings. The lowest BCUT2D eigenvalue weighted by Gasteiger charge is -2.14. The Balaban J connectivity index is 1.42. The lowest BCUT2D eigenvalue weighted by Crippen LogP contribution is -2.28. The van der Waals surface area contributed by atoms with Crippen LogP contribution < -0.4 is 16.0 Å². The quantitative estimate of drug-likeness (QED) is 0.170. The number of urea groups is 1. The fourth-order valence-corrected chi connectivity index (χ4v) is 3.88. The van der Waals surface area contributed by atoms with Crippen LogP contribution in [0.2, 0.25) is 0 Å². The molecule has 200 valence electrons. The van der Waals surface area contributed by atoms with Gasteiger partial charge in [-0.25, -0.2) is 4.79 Å². The van der Waals surface area contributed by atoms with Crippen molar-refractivity contribution in [3.05, 3.63) is 59.2 Å². The molecule has 0 heterocycles. The number of aryl methyl sites for hydroxylation is 1. The summed E-state index contributed by atoms with van der Waals surface area (Å²) in [7, 11) is 0. The number of amides is 2. The molecule has 0 aromatic heterocycles. The van der Waals surface area contributed by atoms with E-state index < -0.39 is 6.10 Å². The number of aliphatic hydroxyl groups is 2. The van der Waals surface area contributed by atoms with Crippen molar-refractivity contribution in [1.82, 2.24) is 10.6 Å². The Morgan fingerprint density at radius 3 is 2.56 bits per heavy atom. The average molecular weight is 502 g/mol. The second-order valence-corrected chi connectivity index (χ2v) is 8.93. The van der Waals surface area contributed by atoms with E-state index in [-0.39, 0.29) is 18.4 Å². The van der Waals surface area contributed by atoms with Crippen LogP contribution in [0.3, 0.4) is 0 Å². The van der Waals surface area contributed by atoms with Crippen LogP contribution in [-0.2, 0) is 17.8 Å². The number of carbonyl (C=O) groups excluding carboxylic acids is 1. The summed E-state index contributed by atoms with van der Waals surface area (Å²) >= 11 is 0. The van der Waals surface area contributed by atoms with Crippen molar-refractivity contribution >= 4 is 11.7 Å². The second-order valence-electron chi connectivity index (χ2n) is 8.93. The Labute approximate surface area is 215 Å². The van der Waals surface area contributed by atoms with Crippen LogP contribution in [-0.4, -0.2) is 54.2 Å². The van der Waals surface area contributed by atoms with Gasteiger partial charge in [0.25, 0.3) is 0 Å². The van der Waals surface area contributed by atoms with E-state index in [0.717, 1.165) is 70.4 Å². The summed E-state index contributed by atoms with van der Waals surface area (Å²) in [6, 6.07) is 12.6. The minimum absolute atomic E-state index is 0.0414. The largest absolute Gasteiger partial charge is 0.508 e. The normalized spacial score (nSPS) is 11.9. The molecule has 0 saturated carbocycles. The molecule has 36 heavy (non-hydrogen) atoms. The third kappa shape index (κ3) is 11.9. The molecule has 2 aromatic rings. The number of unbranched alkanes of at least 4 members (excludes halogenated alkanes) is 4. The maximum absolute atomic E-state index is 11.6. The van der Waals surface area contributed by atoms with E-state index in [2.05, 4.69) is 22.0 Å². The number of aliphatic hydroxyl groups excluding tert-OH is 2. The van der Waals surface area contributed by atoms with E-state index in [1.807, 2.05) is 25.1 Å². The summed E-state index contributed by atoms with van der Waals surface area (Å²) in [6.07, 6.45) is 6.68. The maximum atomic E-state index is 11.6. The van der Waals surface area contributed by atoms with E-state index in [4.69, 9.17) is 4.74 Å². The highest BCUT2D eigenvalue weighted by Crippen LogP contribution is 2.22. The Kier molecular flexibility index (Phi) is 14.6. The number of hydrogen-bond donors (Lipinski definition) is 6. The van der Waals surface area contributed by atoms with Crippen molar-refractivity contribution in [1.29, 1.82) is 0 Å². The van der Waals surface area contributed by atoms with Crippen LogP contribution in [0.1, 0.15) is 68.2 Å². The van der Waals surface area contributed by atoms with Gasteiger partial charge in [-0.2, -0.15) is 0 Å². The third-order valence-corrected chi connectivity index (χ3v) is 5.91. The molecular weight excluding hydrogens is 458 g/mol. The van der Waals surface area contributed by atoms with Gasteiger partial charge in [0, 0.05) is 37.6 Å².